The molecule has 1 rings (SSSR count). The third kappa shape index (κ3) is 3.30. The fraction of sp³-hybridized carbons (Fsp3) is 0.125. The lowest BCUT2D eigenvalue weighted by molar-refractivity contribution is 1.59. The number of allylic oxidation sites excluding steroid dienone is 3. The molecule has 0 aromatic carbocycles. The lowest BCUT2D eigenvalue weighted by Crippen LogP contribution is -1.69. The lowest BCUT2D eigenvalue weighted by atomic mass is 10.5. The van der Waals surface area contributed by atoms with Crippen molar-refractivity contribution in [2.24, 2.45) is 4.99 Å². The molecule has 2 heteroatoms. The number of hydrogen-bond donors (Lipinski definition) is 0. The summed E-state index contributed by atoms with van der Waals surface area (Å²) in [6.45, 7) is 0. The molecule has 0 amide bonds. The Hall–Kier alpha value is -0.760. The van der Waals surface area contributed by atoms with Crippen LogP contribution in [0.2, 0.25) is 0 Å². The largest absolute Gasteiger partial charge is 0.265 e. The van der Waals surface area contributed by atoms with Crippen LogP contribution in [0.25, 0.3) is 0 Å². The maximum absolute atomic E-state index is 3.98. The molecule has 0 saturated heterocycles. The van der Waals surface area contributed by atoms with E-state index in [4.69, 9.17) is 0 Å². The van der Waals surface area contributed by atoms with Crippen molar-refractivity contribution >= 4 is 18.0 Å². The van der Waals surface area contributed by atoms with Crippen LogP contribution in [-0.4, -0.2) is 12.0 Å². The molecule has 0 aliphatic carbocycles. The molecule has 0 N–H and O–H groups in total. The zero-order valence-corrected chi connectivity index (χ0v) is 6.42. The summed E-state index contributed by atoms with van der Waals surface area (Å²) in [5.41, 5.74) is 0. The third-order valence-corrected chi connectivity index (χ3v) is 1.69. The smallest absolute Gasteiger partial charge is 0.0267 e. The number of thioether (sulfide) groups is 1. The van der Waals surface area contributed by atoms with Gasteiger partial charge in [0.05, 0.1) is 0 Å². The first-order valence-corrected chi connectivity index (χ1v) is 4.16. The van der Waals surface area contributed by atoms with Gasteiger partial charge in [-0.05, 0) is 17.6 Å². The van der Waals surface area contributed by atoms with Crippen LogP contribution in [0, 0.1) is 0 Å². The van der Waals surface area contributed by atoms with Gasteiger partial charge >= 0.3 is 0 Å². The van der Waals surface area contributed by atoms with Gasteiger partial charge in [-0.25, -0.2) is 0 Å². The van der Waals surface area contributed by atoms with E-state index >= 15 is 0 Å². The summed E-state index contributed by atoms with van der Waals surface area (Å²) in [5, 5.41) is 2.06. The molecule has 0 bridgehead atoms. The Morgan fingerprint density at radius 2 is 2.20 bits per heavy atom. The normalized spacial score (nSPS) is 17.6. The second kappa shape index (κ2) is 5.06. The molecule has 0 radical (unpaired) electrons. The molecule has 1 aliphatic rings. The topological polar surface area (TPSA) is 12.4 Å². The summed E-state index contributed by atoms with van der Waals surface area (Å²) in [7, 11) is 0. The number of rotatable bonds is 0. The molecule has 0 fully saturated rings. The standard InChI is InChI=1S/C8H9NS/c1-3-7-10-8-4-2-6-9-5-1/h1-7H,8H2. The van der Waals surface area contributed by atoms with Crippen molar-refractivity contribution in [1.82, 2.24) is 0 Å². The van der Waals surface area contributed by atoms with E-state index in [1.807, 2.05) is 18.2 Å². The Morgan fingerprint density at radius 3 is 3.20 bits per heavy atom. The summed E-state index contributed by atoms with van der Waals surface area (Å²) in [6.07, 6.45) is 11.5. The average Bonchev–Trinajstić information content (AvgIpc) is 2.01. The summed E-state index contributed by atoms with van der Waals surface area (Å²) in [5.74, 6) is 1.02. The predicted molar refractivity (Wildman–Crippen MR) is 48.4 cm³/mol. The fourth-order valence-corrected chi connectivity index (χ4v) is 1.06. The van der Waals surface area contributed by atoms with Crippen molar-refractivity contribution in [3.63, 3.8) is 0 Å². The van der Waals surface area contributed by atoms with Crippen molar-refractivity contribution in [3.8, 4) is 0 Å². The van der Waals surface area contributed by atoms with E-state index in [2.05, 4.69) is 16.5 Å². The molecule has 1 heterocycles. The number of nitrogens with zero attached hydrogens (tertiary/aromatic N) is 1. The van der Waals surface area contributed by atoms with Crippen LogP contribution < -0.4 is 0 Å². The van der Waals surface area contributed by atoms with E-state index in [0.29, 0.717) is 0 Å². The first kappa shape index (κ1) is 7.35. The molecule has 0 saturated carbocycles. The second-order valence-electron chi connectivity index (χ2n) is 1.73. The van der Waals surface area contributed by atoms with Crippen LogP contribution in [0.15, 0.2) is 40.9 Å². The molecule has 0 aromatic heterocycles. The number of hydrogen-bond acceptors (Lipinski definition) is 2. The highest BCUT2D eigenvalue weighted by Crippen LogP contribution is 2.02. The minimum Gasteiger partial charge on any atom is -0.265 e. The minimum atomic E-state index is 1.02. The highest BCUT2D eigenvalue weighted by Gasteiger charge is 1.75. The van der Waals surface area contributed by atoms with Crippen LogP contribution in [0.4, 0.5) is 0 Å². The van der Waals surface area contributed by atoms with E-state index in [1.54, 1.807) is 24.2 Å². The summed E-state index contributed by atoms with van der Waals surface area (Å²) < 4.78 is 0. The molecule has 52 valence electrons. The molecule has 0 unspecified atom stereocenters. The van der Waals surface area contributed by atoms with Gasteiger partial charge in [0.2, 0.25) is 0 Å². The minimum absolute atomic E-state index is 1.02. The number of aliphatic imine (C=N–C) groups is 1. The molecular weight excluding hydrogens is 142 g/mol. The van der Waals surface area contributed by atoms with E-state index in [0.717, 1.165) is 5.75 Å². The summed E-state index contributed by atoms with van der Waals surface area (Å²) in [6, 6.07) is 0. The maximum Gasteiger partial charge on any atom is 0.0267 e. The van der Waals surface area contributed by atoms with Crippen molar-refractivity contribution in [1.29, 1.82) is 0 Å². The van der Waals surface area contributed by atoms with E-state index < -0.39 is 0 Å². The highest BCUT2D eigenvalue weighted by atomic mass is 32.2. The molecular formula is C8H9NS. The average molecular weight is 151 g/mol. The van der Waals surface area contributed by atoms with E-state index in [-0.39, 0.29) is 0 Å². The maximum atomic E-state index is 3.98. The van der Waals surface area contributed by atoms with Gasteiger partial charge in [0.1, 0.15) is 0 Å². The zero-order valence-electron chi connectivity index (χ0n) is 5.60. The van der Waals surface area contributed by atoms with Crippen molar-refractivity contribution in [2.45, 2.75) is 0 Å². The van der Waals surface area contributed by atoms with Gasteiger partial charge in [0.25, 0.3) is 0 Å². The third-order valence-electron chi connectivity index (χ3n) is 0.959. The highest BCUT2D eigenvalue weighted by molar-refractivity contribution is 8.02. The molecule has 0 spiro atoms. The van der Waals surface area contributed by atoms with Gasteiger partial charge in [0, 0.05) is 18.2 Å². The van der Waals surface area contributed by atoms with Crippen molar-refractivity contribution in [2.75, 3.05) is 5.75 Å². The van der Waals surface area contributed by atoms with Crippen LogP contribution in [0.5, 0.6) is 0 Å². The van der Waals surface area contributed by atoms with Crippen molar-refractivity contribution < 1.29 is 0 Å². The second-order valence-corrected chi connectivity index (χ2v) is 2.67. The van der Waals surface area contributed by atoms with Gasteiger partial charge in [-0.15, -0.1) is 11.8 Å². The Balaban J connectivity index is 2.53. The van der Waals surface area contributed by atoms with Gasteiger partial charge in [0.15, 0.2) is 0 Å². The molecule has 0 aromatic rings. The SMILES string of the molecule is C1=CCSC=CC=CN=C1. The molecule has 1 nitrogen and oxygen atoms in total. The van der Waals surface area contributed by atoms with Gasteiger partial charge in [-0.1, -0.05) is 12.2 Å². The van der Waals surface area contributed by atoms with Crippen LogP contribution in [0.3, 0.4) is 0 Å². The summed E-state index contributed by atoms with van der Waals surface area (Å²) >= 11 is 1.77. The van der Waals surface area contributed by atoms with E-state index in [9.17, 15) is 0 Å². The Labute approximate surface area is 65.2 Å². The lowest BCUT2D eigenvalue weighted by Gasteiger charge is -1.85. The molecule has 10 heavy (non-hydrogen) atoms. The zero-order chi connectivity index (χ0) is 7.07. The van der Waals surface area contributed by atoms with Crippen LogP contribution >= 0.6 is 11.8 Å². The Kier molecular flexibility index (Phi) is 3.72. The first-order chi connectivity index (χ1) is 5.00. The Morgan fingerprint density at radius 1 is 1.20 bits per heavy atom. The Bertz CT molecular complexity index is 167. The quantitative estimate of drug-likeness (QED) is 0.518. The van der Waals surface area contributed by atoms with Gasteiger partial charge < -0.3 is 0 Å². The first-order valence-electron chi connectivity index (χ1n) is 3.12. The van der Waals surface area contributed by atoms with Crippen LogP contribution in [-0.2, 0) is 0 Å². The molecule has 1 aliphatic heterocycles. The van der Waals surface area contributed by atoms with Crippen molar-refractivity contribution in [3.05, 3.63) is 35.9 Å². The fourth-order valence-electron chi connectivity index (χ4n) is 0.527. The van der Waals surface area contributed by atoms with E-state index in [1.165, 1.54) is 0 Å². The van der Waals surface area contributed by atoms with Crippen LogP contribution in [0.1, 0.15) is 0 Å². The monoisotopic (exact) mass is 151 g/mol. The summed E-state index contributed by atoms with van der Waals surface area (Å²) in [4.78, 5) is 3.98. The molecule has 0 atom stereocenters. The van der Waals surface area contributed by atoms with Gasteiger partial charge in [-0.3, -0.25) is 4.99 Å². The van der Waals surface area contributed by atoms with Gasteiger partial charge in [-0.2, -0.15) is 0 Å². The predicted octanol–water partition coefficient (Wildman–Crippen LogP) is 2.39.